The quantitative estimate of drug-likeness (QED) is 0.881. The number of para-hydroxylation sites is 1. The van der Waals surface area contributed by atoms with Crippen LogP contribution in [0.5, 0.6) is 11.5 Å². The zero-order valence-electron chi connectivity index (χ0n) is 14.4. The number of anilines is 1. The number of aliphatic hydroxyl groups excluding tert-OH is 1. The van der Waals surface area contributed by atoms with Gasteiger partial charge in [0.2, 0.25) is 0 Å². The Balaban J connectivity index is 1.62. The summed E-state index contributed by atoms with van der Waals surface area (Å²) in [5.74, 6) is 1.57. The van der Waals surface area contributed by atoms with Gasteiger partial charge in [-0.3, -0.25) is 0 Å². The number of piperidine rings is 1. The van der Waals surface area contributed by atoms with E-state index in [1.807, 2.05) is 48.5 Å². The van der Waals surface area contributed by atoms with E-state index >= 15 is 0 Å². The topological polar surface area (TPSA) is 61.8 Å². The molecule has 2 N–H and O–H groups in total. The van der Waals surface area contributed by atoms with Gasteiger partial charge in [0.25, 0.3) is 0 Å². The Morgan fingerprint density at radius 2 is 1.96 bits per heavy atom. The Kier molecular flexibility index (Phi) is 5.56. The molecule has 0 saturated carbocycles. The van der Waals surface area contributed by atoms with Gasteiger partial charge >= 0.3 is 6.03 Å². The van der Waals surface area contributed by atoms with E-state index in [-0.39, 0.29) is 11.9 Å². The average Bonchev–Trinajstić information content (AvgIpc) is 2.63. The van der Waals surface area contributed by atoms with E-state index in [0.29, 0.717) is 18.0 Å². The third-order valence-corrected chi connectivity index (χ3v) is 4.49. The number of hydrogen-bond acceptors (Lipinski definition) is 3. The van der Waals surface area contributed by atoms with Gasteiger partial charge in [-0.1, -0.05) is 24.3 Å². The summed E-state index contributed by atoms with van der Waals surface area (Å²) in [5.41, 5.74) is 0.692. The molecule has 1 saturated heterocycles. The number of urea groups is 1. The number of ether oxygens (including phenoxy) is 1. The molecule has 2 amide bonds. The highest BCUT2D eigenvalue weighted by Gasteiger charge is 2.26. The number of rotatable bonds is 4. The first kappa shape index (κ1) is 17.3. The fourth-order valence-electron chi connectivity index (χ4n) is 3.05. The molecule has 132 valence electrons. The number of carbonyl (C=O) groups is 1. The van der Waals surface area contributed by atoms with Crippen molar-refractivity contribution in [1.82, 2.24) is 4.90 Å². The summed E-state index contributed by atoms with van der Waals surface area (Å²) in [6.45, 7) is 3.09. The molecular weight excluding hydrogens is 316 g/mol. The van der Waals surface area contributed by atoms with Crippen LogP contribution in [0.25, 0.3) is 0 Å². The molecule has 0 unspecified atom stereocenters. The third-order valence-electron chi connectivity index (χ3n) is 4.49. The van der Waals surface area contributed by atoms with E-state index in [9.17, 15) is 9.90 Å². The smallest absolute Gasteiger partial charge is 0.321 e. The monoisotopic (exact) mass is 340 g/mol. The molecule has 0 radical (unpaired) electrons. The largest absolute Gasteiger partial charge is 0.457 e. The molecule has 25 heavy (non-hydrogen) atoms. The van der Waals surface area contributed by atoms with Gasteiger partial charge in [-0.2, -0.15) is 0 Å². The van der Waals surface area contributed by atoms with Gasteiger partial charge in [-0.15, -0.1) is 0 Å². The molecule has 3 rings (SSSR count). The summed E-state index contributed by atoms with van der Waals surface area (Å²) in [5, 5.41) is 12.7. The van der Waals surface area contributed by atoms with Crippen LogP contribution in [0, 0.1) is 5.92 Å². The zero-order chi connectivity index (χ0) is 17.6. The summed E-state index contributed by atoms with van der Waals surface area (Å²) >= 11 is 0. The van der Waals surface area contributed by atoms with Crippen LogP contribution in [0.2, 0.25) is 0 Å². The minimum atomic E-state index is -0.391. The van der Waals surface area contributed by atoms with Crippen molar-refractivity contribution in [3.8, 4) is 11.5 Å². The van der Waals surface area contributed by atoms with Crippen LogP contribution in [-0.4, -0.2) is 35.2 Å². The molecule has 2 aromatic rings. The van der Waals surface area contributed by atoms with Crippen LogP contribution in [0.3, 0.4) is 0 Å². The fourth-order valence-corrected chi connectivity index (χ4v) is 3.05. The van der Waals surface area contributed by atoms with Gasteiger partial charge in [0.05, 0.1) is 6.10 Å². The molecular formula is C20H24N2O3. The maximum Gasteiger partial charge on any atom is 0.321 e. The third kappa shape index (κ3) is 4.73. The van der Waals surface area contributed by atoms with E-state index in [4.69, 9.17) is 4.74 Å². The second-order valence-corrected chi connectivity index (χ2v) is 6.46. The van der Waals surface area contributed by atoms with Gasteiger partial charge in [-0.05, 0) is 44.0 Å². The SMILES string of the molecule is C[C@@H](O)[C@@H]1CCCN(C(=O)Nc2cccc(Oc3ccccc3)c2)C1. The highest BCUT2D eigenvalue weighted by molar-refractivity contribution is 5.89. The zero-order valence-corrected chi connectivity index (χ0v) is 14.4. The van der Waals surface area contributed by atoms with Crippen LogP contribution in [0.1, 0.15) is 19.8 Å². The molecule has 1 aliphatic heterocycles. The minimum absolute atomic E-state index is 0.137. The summed E-state index contributed by atoms with van der Waals surface area (Å²) < 4.78 is 5.80. The van der Waals surface area contributed by atoms with Crippen LogP contribution >= 0.6 is 0 Å². The Morgan fingerprint density at radius 1 is 1.20 bits per heavy atom. The average molecular weight is 340 g/mol. The first-order valence-electron chi connectivity index (χ1n) is 8.69. The molecule has 0 aromatic heterocycles. The molecule has 1 heterocycles. The standard InChI is InChI=1S/C20H24N2O3/c1-15(23)16-7-6-12-22(14-16)20(24)21-17-8-5-11-19(13-17)25-18-9-3-2-4-10-18/h2-5,8-11,13,15-16,23H,6-7,12,14H2,1H3,(H,21,24)/t15-,16-/m1/s1. The second-order valence-electron chi connectivity index (χ2n) is 6.46. The van der Waals surface area contributed by atoms with Gasteiger partial charge < -0.3 is 20.1 Å². The molecule has 0 aliphatic carbocycles. The van der Waals surface area contributed by atoms with Gasteiger partial charge in [0.15, 0.2) is 0 Å². The maximum absolute atomic E-state index is 12.5. The van der Waals surface area contributed by atoms with E-state index in [2.05, 4.69) is 5.32 Å². The fraction of sp³-hybridized carbons (Fsp3) is 0.350. The van der Waals surface area contributed by atoms with Crippen molar-refractivity contribution in [2.24, 2.45) is 5.92 Å². The van der Waals surface area contributed by atoms with E-state index in [1.165, 1.54) is 0 Å². The summed E-state index contributed by atoms with van der Waals surface area (Å²) in [7, 11) is 0. The van der Waals surface area contributed by atoms with Crippen molar-refractivity contribution in [2.45, 2.75) is 25.9 Å². The van der Waals surface area contributed by atoms with Crippen LogP contribution in [-0.2, 0) is 0 Å². The molecule has 5 heteroatoms. The number of benzene rings is 2. The van der Waals surface area contributed by atoms with Crippen molar-refractivity contribution in [3.05, 3.63) is 54.6 Å². The highest BCUT2D eigenvalue weighted by Crippen LogP contribution is 2.25. The highest BCUT2D eigenvalue weighted by atomic mass is 16.5. The first-order valence-corrected chi connectivity index (χ1v) is 8.69. The lowest BCUT2D eigenvalue weighted by molar-refractivity contribution is 0.0766. The molecule has 0 bridgehead atoms. The number of aliphatic hydroxyl groups is 1. The molecule has 0 spiro atoms. The van der Waals surface area contributed by atoms with E-state index in [0.717, 1.165) is 25.1 Å². The second kappa shape index (κ2) is 8.03. The summed E-state index contributed by atoms with van der Waals surface area (Å²) in [4.78, 5) is 14.3. The number of hydrogen-bond donors (Lipinski definition) is 2. The van der Waals surface area contributed by atoms with Crippen molar-refractivity contribution in [3.63, 3.8) is 0 Å². The number of likely N-dealkylation sites (tertiary alicyclic amines) is 1. The van der Waals surface area contributed by atoms with Crippen molar-refractivity contribution in [2.75, 3.05) is 18.4 Å². The molecule has 2 aromatic carbocycles. The van der Waals surface area contributed by atoms with Crippen LogP contribution < -0.4 is 10.1 Å². The van der Waals surface area contributed by atoms with Crippen LogP contribution in [0.4, 0.5) is 10.5 Å². The van der Waals surface area contributed by atoms with Gasteiger partial charge in [-0.25, -0.2) is 4.79 Å². The van der Waals surface area contributed by atoms with Crippen molar-refractivity contribution < 1.29 is 14.6 Å². The summed E-state index contributed by atoms with van der Waals surface area (Å²) in [6, 6.07) is 16.7. The van der Waals surface area contributed by atoms with E-state index < -0.39 is 6.10 Å². The Bertz CT molecular complexity index is 703. The first-order chi connectivity index (χ1) is 12.1. The van der Waals surface area contributed by atoms with Crippen molar-refractivity contribution in [1.29, 1.82) is 0 Å². The Hall–Kier alpha value is -2.53. The molecule has 2 atom stereocenters. The predicted octanol–water partition coefficient (Wildman–Crippen LogP) is 4.10. The van der Waals surface area contributed by atoms with Crippen molar-refractivity contribution >= 4 is 11.7 Å². The number of carbonyl (C=O) groups excluding carboxylic acids is 1. The number of amides is 2. The molecule has 1 fully saturated rings. The van der Waals surface area contributed by atoms with E-state index in [1.54, 1.807) is 17.9 Å². The number of nitrogens with one attached hydrogen (secondary N) is 1. The normalized spacial score (nSPS) is 18.5. The lowest BCUT2D eigenvalue weighted by Gasteiger charge is -2.34. The maximum atomic E-state index is 12.5. The summed E-state index contributed by atoms with van der Waals surface area (Å²) in [6.07, 6.45) is 1.49. The lowest BCUT2D eigenvalue weighted by atomic mass is 9.94. The lowest BCUT2D eigenvalue weighted by Crippen LogP contribution is -2.44. The predicted molar refractivity (Wildman–Crippen MR) is 98.0 cm³/mol. The van der Waals surface area contributed by atoms with Crippen LogP contribution in [0.15, 0.2) is 54.6 Å². The number of nitrogens with zero attached hydrogens (tertiary/aromatic N) is 1. The van der Waals surface area contributed by atoms with Gasteiger partial charge in [0.1, 0.15) is 11.5 Å². The molecule has 5 nitrogen and oxygen atoms in total. The minimum Gasteiger partial charge on any atom is -0.457 e. The van der Waals surface area contributed by atoms with Gasteiger partial charge in [0, 0.05) is 30.8 Å². The Labute approximate surface area is 148 Å². The molecule has 1 aliphatic rings. The Morgan fingerprint density at radius 3 is 2.72 bits per heavy atom.